The smallest absolute Gasteiger partial charge is 0.224 e. The van der Waals surface area contributed by atoms with Crippen LogP contribution in [-0.2, 0) is 11.2 Å². The highest BCUT2D eigenvalue weighted by Crippen LogP contribution is 2.10. The Kier molecular flexibility index (Phi) is 4.59. The molecule has 1 atom stereocenters. The second-order valence-corrected chi connectivity index (χ2v) is 4.79. The highest BCUT2D eigenvalue weighted by molar-refractivity contribution is 5.78. The van der Waals surface area contributed by atoms with Gasteiger partial charge in [-0.05, 0) is 50.0 Å². The van der Waals surface area contributed by atoms with E-state index in [1.54, 1.807) is 24.3 Å². The molecule has 1 saturated heterocycles. The third-order valence-corrected chi connectivity index (χ3v) is 3.24. The van der Waals surface area contributed by atoms with Crippen molar-refractivity contribution in [2.45, 2.75) is 31.7 Å². The van der Waals surface area contributed by atoms with Crippen LogP contribution in [0.3, 0.4) is 0 Å². The van der Waals surface area contributed by atoms with Crippen molar-refractivity contribution >= 4 is 5.91 Å². The lowest BCUT2D eigenvalue weighted by Crippen LogP contribution is -2.36. The predicted octanol–water partition coefficient (Wildman–Crippen LogP) is 1.19. The summed E-state index contributed by atoms with van der Waals surface area (Å²) in [5, 5.41) is 15.6. The number of carbonyl (C=O) groups excluding carboxylic acids is 1. The second kappa shape index (κ2) is 6.40. The summed E-state index contributed by atoms with van der Waals surface area (Å²) in [5.41, 5.74) is 0.928. The van der Waals surface area contributed by atoms with Crippen LogP contribution < -0.4 is 10.6 Å². The summed E-state index contributed by atoms with van der Waals surface area (Å²) in [6.07, 6.45) is 3.55. The molecule has 0 aromatic heterocycles. The van der Waals surface area contributed by atoms with Crippen LogP contribution >= 0.6 is 0 Å². The van der Waals surface area contributed by atoms with Gasteiger partial charge in [0.2, 0.25) is 5.91 Å². The van der Waals surface area contributed by atoms with Crippen LogP contribution in [0.25, 0.3) is 0 Å². The normalized spacial score (nSPS) is 20.1. The second-order valence-electron chi connectivity index (χ2n) is 4.79. The molecule has 0 radical (unpaired) electrons. The Morgan fingerprint density at radius 1 is 1.28 bits per heavy atom. The van der Waals surface area contributed by atoms with Crippen LogP contribution in [0.4, 0.5) is 0 Å². The SMILES string of the molecule is O=C(Cc1ccc(O)cc1)NC1CCCNCC1. The van der Waals surface area contributed by atoms with Crippen molar-refractivity contribution in [3.8, 4) is 5.75 Å². The van der Waals surface area contributed by atoms with Gasteiger partial charge in [-0.1, -0.05) is 12.1 Å². The van der Waals surface area contributed by atoms with E-state index in [0.29, 0.717) is 12.5 Å². The summed E-state index contributed by atoms with van der Waals surface area (Å²) >= 11 is 0. The maximum absolute atomic E-state index is 11.9. The van der Waals surface area contributed by atoms with Crippen molar-refractivity contribution in [2.24, 2.45) is 0 Å². The highest BCUT2D eigenvalue weighted by Gasteiger charge is 2.14. The molecule has 4 nitrogen and oxygen atoms in total. The number of rotatable bonds is 3. The summed E-state index contributed by atoms with van der Waals surface area (Å²) in [6.45, 7) is 2.02. The van der Waals surface area contributed by atoms with Crippen molar-refractivity contribution in [1.29, 1.82) is 0 Å². The Balaban J connectivity index is 1.82. The lowest BCUT2D eigenvalue weighted by atomic mass is 10.1. The summed E-state index contributed by atoms with van der Waals surface area (Å²) in [5.74, 6) is 0.293. The van der Waals surface area contributed by atoms with Gasteiger partial charge in [-0.25, -0.2) is 0 Å². The monoisotopic (exact) mass is 248 g/mol. The van der Waals surface area contributed by atoms with Gasteiger partial charge in [-0.2, -0.15) is 0 Å². The maximum Gasteiger partial charge on any atom is 0.224 e. The number of hydrogen-bond acceptors (Lipinski definition) is 3. The van der Waals surface area contributed by atoms with E-state index in [4.69, 9.17) is 0 Å². The molecule has 3 N–H and O–H groups in total. The van der Waals surface area contributed by atoms with Gasteiger partial charge in [-0.3, -0.25) is 4.79 Å². The summed E-state index contributed by atoms with van der Waals surface area (Å²) < 4.78 is 0. The van der Waals surface area contributed by atoms with Crippen molar-refractivity contribution < 1.29 is 9.90 Å². The van der Waals surface area contributed by atoms with Crippen LogP contribution in [0.1, 0.15) is 24.8 Å². The van der Waals surface area contributed by atoms with Crippen molar-refractivity contribution in [3.05, 3.63) is 29.8 Å². The molecule has 0 aliphatic carbocycles. The number of aromatic hydroxyl groups is 1. The number of amides is 1. The van der Waals surface area contributed by atoms with E-state index in [9.17, 15) is 9.90 Å². The zero-order valence-corrected chi connectivity index (χ0v) is 10.5. The molecule has 0 saturated carbocycles. The third-order valence-electron chi connectivity index (χ3n) is 3.24. The first-order valence-corrected chi connectivity index (χ1v) is 6.52. The molecule has 4 heteroatoms. The summed E-state index contributed by atoms with van der Waals surface area (Å²) in [7, 11) is 0. The van der Waals surface area contributed by atoms with Gasteiger partial charge >= 0.3 is 0 Å². The fraction of sp³-hybridized carbons (Fsp3) is 0.500. The number of phenolic OH excluding ortho intramolecular Hbond substituents is 1. The fourth-order valence-corrected chi connectivity index (χ4v) is 2.24. The van der Waals surface area contributed by atoms with E-state index < -0.39 is 0 Å². The van der Waals surface area contributed by atoms with Crippen molar-refractivity contribution in [1.82, 2.24) is 10.6 Å². The Bertz CT molecular complexity index is 381. The third kappa shape index (κ3) is 4.04. The minimum absolute atomic E-state index is 0.0626. The molecule has 1 amide bonds. The molecule has 1 unspecified atom stereocenters. The molecule has 1 aromatic rings. The van der Waals surface area contributed by atoms with Gasteiger partial charge < -0.3 is 15.7 Å². The molecule has 0 spiro atoms. The zero-order valence-electron chi connectivity index (χ0n) is 10.5. The van der Waals surface area contributed by atoms with Gasteiger partial charge in [0, 0.05) is 6.04 Å². The van der Waals surface area contributed by atoms with Gasteiger partial charge in [0.1, 0.15) is 5.75 Å². The zero-order chi connectivity index (χ0) is 12.8. The maximum atomic E-state index is 11.9. The average molecular weight is 248 g/mol. The molecular formula is C14H20N2O2. The van der Waals surface area contributed by atoms with Gasteiger partial charge in [0.25, 0.3) is 0 Å². The first-order chi connectivity index (χ1) is 8.74. The molecule has 1 heterocycles. The number of nitrogens with one attached hydrogen (secondary N) is 2. The van der Waals surface area contributed by atoms with E-state index in [2.05, 4.69) is 10.6 Å². The van der Waals surface area contributed by atoms with E-state index in [-0.39, 0.29) is 11.7 Å². The Labute approximate surface area is 107 Å². The molecule has 1 aromatic carbocycles. The number of benzene rings is 1. The molecular weight excluding hydrogens is 228 g/mol. The van der Waals surface area contributed by atoms with E-state index >= 15 is 0 Å². The Morgan fingerprint density at radius 2 is 2.06 bits per heavy atom. The molecule has 0 bridgehead atoms. The number of carbonyl (C=O) groups is 1. The summed E-state index contributed by atoms with van der Waals surface area (Å²) in [4.78, 5) is 11.9. The summed E-state index contributed by atoms with van der Waals surface area (Å²) in [6, 6.07) is 7.08. The van der Waals surface area contributed by atoms with Gasteiger partial charge in [0.05, 0.1) is 6.42 Å². The fourth-order valence-electron chi connectivity index (χ4n) is 2.24. The quantitative estimate of drug-likeness (QED) is 0.753. The topological polar surface area (TPSA) is 61.4 Å². The predicted molar refractivity (Wildman–Crippen MR) is 70.5 cm³/mol. The molecule has 1 fully saturated rings. The van der Waals surface area contributed by atoms with E-state index in [1.165, 1.54) is 0 Å². The lowest BCUT2D eigenvalue weighted by molar-refractivity contribution is -0.121. The van der Waals surface area contributed by atoms with E-state index in [1.807, 2.05) is 0 Å². The average Bonchev–Trinajstić information content (AvgIpc) is 2.61. The van der Waals surface area contributed by atoms with Gasteiger partial charge in [0.15, 0.2) is 0 Å². The number of hydrogen-bond donors (Lipinski definition) is 3. The standard InChI is InChI=1S/C14H20N2O2/c17-13-5-3-11(4-6-13)10-14(18)16-12-2-1-8-15-9-7-12/h3-6,12,15,17H,1-2,7-10H2,(H,16,18). The van der Waals surface area contributed by atoms with Crippen LogP contribution in [0, 0.1) is 0 Å². The lowest BCUT2D eigenvalue weighted by Gasteiger charge is -2.15. The first kappa shape index (κ1) is 12.9. The van der Waals surface area contributed by atoms with Crippen molar-refractivity contribution in [3.63, 3.8) is 0 Å². The Morgan fingerprint density at radius 3 is 2.83 bits per heavy atom. The number of phenols is 1. The largest absolute Gasteiger partial charge is 0.508 e. The van der Waals surface area contributed by atoms with Crippen LogP contribution in [0.15, 0.2) is 24.3 Å². The molecule has 18 heavy (non-hydrogen) atoms. The van der Waals surface area contributed by atoms with Gasteiger partial charge in [-0.15, -0.1) is 0 Å². The first-order valence-electron chi connectivity index (χ1n) is 6.52. The van der Waals surface area contributed by atoms with Crippen molar-refractivity contribution in [2.75, 3.05) is 13.1 Å². The Hall–Kier alpha value is -1.55. The molecule has 2 rings (SSSR count). The van der Waals surface area contributed by atoms with Crippen LogP contribution in [0.5, 0.6) is 5.75 Å². The van der Waals surface area contributed by atoms with Crippen LogP contribution in [-0.4, -0.2) is 30.1 Å². The van der Waals surface area contributed by atoms with Crippen LogP contribution in [0.2, 0.25) is 0 Å². The molecule has 98 valence electrons. The van der Waals surface area contributed by atoms with E-state index in [0.717, 1.165) is 37.9 Å². The minimum atomic E-state index is 0.0626. The highest BCUT2D eigenvalue weighted by atomic mass is 16.3. The molecule has 1 aliphatic heterocycles. The minimum Gasteiger partial charge on any atom is -0.508 e. The molecule has 1 aliphatic rings.